The summed E-state index contributed by atoms with van der Waals surface area (Å²) in [5, 5.41) is 14.2. The van der Waals surface area contributed by atoms with E-state index in [1.54, 1.807) is 6.07 Å². The molecular formula is C15H19N3O4. The normalized spacial score (nSPS) is 18.5. The van der Waals surface area contributed by atoms with Crippen molar-refractivity contribution < 1.29 is 14.1 Å². The minimum absolute atomic E-state index is 0.00396. The molecule has 1 aliphatic rings. The molecule has 0 spiro atoms. The number of ether oxygens (including phenoxy) is 1. The summed E-state index contributed by atoms with van der Waals surface area (Å²) in [4.78, 5) is 14.4. The lowest BCUT2D eigenvalue weighted by Crippen LogP contribution is -2.34. The number of non-ortho nitro benzene ring substituents is 1. The quantitative estimate of drug-likeness (QED) is 0.501. The monoisotopic (exact) mass is 305 g/mol. The van der Waals surface area contributed by atoms with Gasteiger partial charge in [0.2, 0.25) is 0 Å². The Balaban J connectivity index is 1.52. The van der Waals surface area contributed by atoms with Crippen LogP contribution < -0.4 is 10.1 Å². The average Bonchev–Trinajstić information content (AvgIpc) is 2.94. The highest BCUT2D eigenvalue weighted by Gasteiger charge is 2.14. The third-order valence-electron chi connectivity index (χ3n) is 3.90. The van der Waals surface area contributed by atoms with Gasteiger partial charge < -0.3 is 14.5 Å². The van der Waals surface area contributed by atoms with Gasteiger partial charge in [-0.25, -0.2) is 0 Å². The number of hydrogen-bond acceptors (Lipinski definition) is 6. The van der Waals surface area contributed by atoms with Crippen LogP contribution in [0.5, 0.6) is 6.08 Å². The smallest absolute Gasteiger partial charge is 0.394 e. The molecule has 22 heavy (non-hydrogen) atoms. The molecule has 0 bridgehead atoms. The van der Waals surface area contributed by atoms with E-state index in [1.807, 2.05) is 0 Å². The fraction of sp³-hybridized carbons (Fsp3) is 0.533. The van der Waals surface area contributed by atoms with Crippen LogP contribution in [0.1, 0.15) is 32.1 Å². The summed E-state index contributed by atoms with van der Waals surface area (Å²) in [7, 11) is 0. The second kappa shape index (κ2) is 6.74. The lowest BCUT2D eigenvalue weighted by molar-refractivity contribution is -0.384. The third kappa shape index (κ3) is 3.54. The van der Waals surface area contributed by atoms with E-state index in [0.29, 0.717) is 23.7 Å². The van der Waals surface area contributed by atoms with E-state index in [0.717, 1.165) is 19.4 Å². The van der Waals surface area contributed by atoms with Crippen LogP contribution in [0.4, 0.5) is 5.69 Å². The van der Waals surface area contributed by atoms with Gasteiger partial charge in [0.15, 0.2) is 5.58 Å². The number of aromatic nitrogens is 1. The van der Waals surface area contributed by atoms with Gasteiger partial charge in [-0.3, -0.25) is 10.1 Å². The fourth-order valence-corrected chi connectivity index (χ4v) is 2.73. The number of piperidine rings is 1. The molecule has 0 saturated carbocycles. The van der Waals surface area contributed by atoms with Crippen molar-refractivity contribution in [1.82, 2.24) is 10.3 Å². The number of hydrogen-bond donors (Lipinski definition) is 1. The maximum absolute atomic E-state index is 10.7. The van der Waals surface area contributed by atoms with Gasteiger partial charge in [0.1, 0.15) is 5.52 Å². The third-order valence-corrected chi connectivity index (χ3v) is 3.90. The highest BCUT2D eigenvalue weighted by molar-refractivity contribution is 5.75. The molecule has 7 heteroatoms. The molecule has 0 amide bonds. The number of rotatable bonds is 6. The van der Waals surface area contributed by atoms with E-state index in [9.17, 15) is 10.1 Å². The summed E-state index contributed by atoms with van der Waals surface area (Å²) in [6, 6.07) is 4.91. The molecule has 0 radical (unpaired) electrons. The molecule has 1 aromatic carbocycles. The molecule has 1 unspecified atom stereocenters. The largest absolute Gasteiger partial charge is 0.450 e. The Morgan fingerprint density at radius 2 is 2.36 bits per heavy atom. The van der Waals surface area contributed by atoms with Gasteiger partial charge in [-0.2, -0.15) is 4.98 Å². The van der Waals surface area contributed by atoms with Gasteiger partial charge in [-0.1, -0.05) is 6.42 Å². The van der Waals surface area contributed by atoms with Crippen molar-refractivity contribution in [3.8, 4) is 6.08 Å². The minimum Gasteiger partial charge on any atom is -0.450 e. The molecule has 1 saturated heterocycles. The molecular weight excluding hydrogens is 286 g/mol. The number of fused-ring (bicyclic) bond motifs is 1. The number of nitrogens with one attached hydrogen (secondary N) is 1. The standard InChI is InChI=1S/C15H19N3O4/c19-18(20)12-6-7-14-13(10-12)17-15(22-14)21-9-3-5-11-4-1-2-8-16-11/h6-7,10-11,16H,1-5,8-9H2. The molecule has 1 aliphatic heterocycles. The Bertz CT molecular complexity index is 649. The topological polar surface area (TPSA) is 90.4 Å². The van der Waals surface area contributed by atoms with Crippen LogP contribution in [-0.2, 0) is 0 Å². The van der Waals surface area contributed by atoms with Crippen LogP contribution >= 0.6 is 0 Å². The van der Waals surface area contributed by atoms with E-state index in [4.69, 9.17) is 9.15 Å². The van der Waals surface area contributed by atoms with Crippen molar-refractivity contribution in [3.05, 3.63) is 28.3 Å². The second-order valence-corrected chi connectivity index (χ2v) is 5.53. The molecule has 0 aliphatic carbocycles. The molecule has 2 aromatic rings. The van der Waals surface area contributed by atoms with Crippen LogP contribution in [0.15, 0.2) is 22.6 Å². The van der Waals surface area contributed by atoms with Gasteiger partial charge in [0.25, 0.3) is 5.69 Å². The second-order valence-electron chi connectivity index (χ2n) is 5.53. The first-order valence-electron chi connectivity index (χ1n) is 7.63. The predicted octanol–water partition coefficient (Wildman–Crippen LogP) is 3.04. The van der Waals surface area contributed by atoms with Crippen LogP contribution in [0.3, 0.4) is 0 Å². The van der Waals surface area contributed by atoms with E-state index in [1.165, 1.54) is 31.4 Å². The molecule has 2 heterocycles. The Hall–Kier alpha value is -2.15. The fourth-order valence-electron chi connectivity index (χ4n) is 2.73. The van der Waals surface area contributed by atoms with Crippen molar-refractivity contribution in [1.29, 1.82) is 0 Å². The maximum Gasteiger partial charge on any atom is 0.394 e. The zero-order valence-corrected chi connectivity index (χ0v) is 12.3. The molecule has 1 N–H and O–H groups in total. The van der Waals surface area contributed by atoms with Crippen LogP contribution in [-0.4, -0.2) is 29.1 Å². The summed E-state index contributed by atoms with van der Waals surface area (Å²) >= 11 is 0. The van der Waals surface area contributed by atoms with Crippen molar-refractivity contribution in [2.75, 3.05) is 13.2 Å². The Kier molecular flexibility index (Phi) is 4.53. The Morgan fingerprint density at radius 1 is 1.45 bits per heavy atom. The number of nitro groups is 1. The Labute approximate surface area is 127 Å². The van der Waals surface area contributed by atoms with Crippen LogP contribution in [0, 0.1) is 10.1 Å². The lowest BCUT2D eigenvalue weighted by Gasteiger charge is -2.23. The summed E-state index contributed by atoms with van der Waals surface area (Å²) in [5.74, 6) is 0. The zero-order valence-electron chi connectivity index (χ0n) is 12.3. The van der Waals surface area contributed by atoms with E-state index >= 15 is 0 Å². The lowest BCUT2D eigenvalue weighted by atomic mass is 10.0. The van der Waals surface area contributed by atoms with Crippen LogP contribution in [0.25, 0.3) is 11.1 Å². The Morgan fingerprint density at radius 3 is 3.14 bits per heavy atom. The first-order valence-corrected chi connectivity index (χ1v) is 7.63. The summed E-state index contributed by atoms with van der Waals surface area (Å²) < 4.78 is 10.9. The van der Waals surface area contributed by atoms with E-state index < -0.39 is 4.92 Å². The van der Waals surface area contributed by atoms with E-state index in [-0.39, 0.29) is 11.8 Å². The van der Waals surface area contributed by atoms with Gasteiger partial charge in [0.05, 0.1) is 11.5 Å². The van der Waals surface area contributed by atoms with Gasteiger partial charge >= 0.3 is 6.08 Å². The highest BCUT2D eigenvalue weighted by Crippen LogP contribution is 2.24. The van der Waals surface area contributed by atoms with Crippen LogP contribution in [0.2, 0.25) is 0 Å². The first kappa shape index (κ1) is 14.8. The predicted molar refractivity (Wildman–Crippen MR) is 81.0 cm³/mol. The molecule has 7 nitrogen and oxygen atoms in total. The number of nitrogens with zero attached hydrogens (tertiary/aromatic N) is 2. The summed E-state index contributed by atoms with van der Waals surface area (Å²) in [6.07, 6.45) is 5.96. The molecule has 3 rings (SSSR count). The number of oxazole rings is 1. The zero-order chi connectivity index (χ0) is 15.4. The molecule has 1 fully saturated rings. The van der Waals surface area contributed by atoms with Crippen molar-refractivity contribution >= 4 is 16.8 Å². The van der Waals surface area contributed by atoms with Gasteiger partial charge in [0, 0.05) is 18.2 Å². The van der Waals surface area contributed by atoms with E-state index in [2.05, 4.69) is 10.3 Å². The average molecular weight is 305 g/mol. The molecule has 1 aromatic heterocycles. The van der Waals surface area contributed by atoms with Crippen molar-refractivity contribution in [3.63, 3.8) is 0 Å². The molecule has 118 valence electrons. The van der Waals surface area contributed by atoms with Gasteiger partial charge in [-0.15, -0.1) is 0 Å². The van der Waals surface area contributed by atoms with Gasteiger partial charge in [-0.05, 0) is 38.3 Å². The summed E-state index contributed by atoms with van der Waals surface area (Å²) in [6.45, 7) is 1.64. The van der Waals surface area contributed by atoms with Crippen molar-refractivity contribution in [2.45, 2.75) is 38.1 Å². The first-order chi connectivity index (χ1) is 10.7. The number of nitro benzene ring substituents is 1. The SMILES string of the molecule is O=[N+]([O-])c1ccc2oc(OCCCC3CCCCN3)nc2c1. The minimum atomic E-state index is -0.453. The highest BCUT2D eigenvalue weighted by atomic mass is 16.6. The summed E-state index contributed by atoms with van der Waals surface area (Å²) in [5.41, 5.74) is 0.934. The van der Waals surface area contributed by atoms with Crippen molar-refractivity contribution in [2.24, 2.45) is 0 Å². The molecule has 1 atom stereocenters. The number of benzene rings is 1. The maximum atomic E-state index is 10.7.